The van der Waals surface area contributed by atoms with Crippen LogP contribution < -0.4 is 4.72 Å². The van der Waals surface area contributed by atoms with Gasteiger partial charge in [-0.2, -0.15) is 5.26 Å². The Kier molecular flexibility index (Phi) is 6.33. The number of benzene rings is 1. The first-order chi connectivity index (χ1) is 12.4. The van der Waals surface area contributed by atoms with E-state index in [9.17, 15) is 14.3 Å². The molecule has 0 spiro atoms. The van der Waals surface area contributed by atoms with Crippen LogP contribution in [0, 0.1) is 11.3 Å². The molecule has 1 aliphatic heterocycles. The van der Waals surface area contributed by atoms with Gasteiger partial charge in [-0.1, -0.05) is 0 Å². The van der Waals surface area contributed by atoms with Crippen LogP contribution in [0.2, 0.25) is 0 Å². The highest BCUT2D eigenvalue weighted by atomic mass is 32.2. The van der Waals surface area contributed by atoms with Crippen LogP contribution in [0.4, 0.5) is 5.69 Å². The third kappa shape index (κ3) is 4.39. The topological polar surface area (TPSA) is 91.7 Å². The number of nitrogens with one attached hydrogen (secondary N) is 1. The Hall–Kier alpha value is -2.89. The minimum Gasteiger partial charge on any atom is -0.444 e. The third-order valence-electron chi connectivity index (χ3n) is 3.86. The second-order valence-electron chi connectivity index (χ2n) is 5.41. The number of ether oxygens (including phenoxy) is 1. The van der Waals surface area contributed by atoms with E-state index in [1.165, 1.54) is 13.2 Å². The number of nitrogens with zero attached hydrogens (tertiary/aromatic N) is 2. The van der Waals surface area contributed by atoms with Crippen molar-refractivity contribution in [2.24, 2.45) is 0 Å². The molecule has 0 aliphatic carbocycles. The van der Waals surface area contributed by atoms with Gasteiger partial charge in [0.15, 0.2) is 5.88 Å². The molecule has 1 unspecified atom stereocenters. The van der Waals surface area contributed by atoms with E-state index >= 15 is 0 Å². The smallest absolute Gasteiger partial charge is 0.261 e. The van der Waals surface area contributed by atoms with Gasteiger partial charge in [-0.15, -0.1) is 0 Å². The molecule has 0 radical (unpaired) electrons. The monoisotopic (exact) mass is 373 g/mol. The predicted molar refractivity (Wildman–Crippen MR) is 98.5 cm³/mol. The first kappa shape index (κ1) is 19.4. The SMILES string of the molecule is COS(=O)Nc1ccc(C(=O)/C(C#N)=C\C=C2/OC(C)=C(C)N2C)cc1. The Morgan fingerprint density at radius 3 is 2.50 bits per heavy atom. The van der Waals surface area contributed by atoms with Crippen molar-refractivity contribution in [3.8, 4) is 6.07 Å². The molecule has 0 aromatic heterocycles. The Labute approximate surface area is 155 Å². The number of hydrogen-bond donors (Lipinski definition) is 1. The molecule has 1 N–H and O–H groups in total. The summed E-state index contributed by atoms with van der Waals surface area (Å²) in [6.45, 7) is 3.77. The maximum absolute atomic E-state index is 12.5. The van der Waals surface area contributed by atoms with Crippen LogP contribution in [-0.4, -0.2) is 29.0 Å². The molecule has 0 fully saturated rings. The Bertz CT molecular complexity index is 863. The molecule has 1 atom stereocenters. The molecule has 1 aromatic carbocycles. The van der Waals surface area contributed by atoms with Gasteiger partial charge in [0.25, 0.3) is 11.3 Å². The number of anilines is 1. The molecular formula is C18H19N3O4S. The molecule has 0 saturated carbocycles. The Morgan fingerprint density at radius 2 is 2.00 bits per heavy atom. The lowest BCUT2D eigenvalue weighted by molar-refractivity contribution is 0.103. The van der Waals surface area contributed by atoms with Gasteiger partial charge in [0, 0.05) is 24.4 Å². The fraction of sp³-hybridized carbons (Fsp3) is 0.222. The highest BCUT2D eigenvalue weighted by Gasteiger charge is 2.19. The van der Waals surface area contributed by atoms with Crippen molar-refractivity contribution in [1.29, 1.82) is 5.26 Å². The largest absolute Gasteiger partial charge is 0.444 e. The van der Waals surface area contributed by atoms with Crippen molar-refractivity contribution < 1.29 is 17.9 Å². The van der Waals surface area contributed by atoms with Crippen LogP contribution in [0.5, 0.6) is 0 Å². The van der Waals surface area contributed by atoms with Crippen LogP contribution in [0.1, 0.15) is 24.2 Å². The van der Waals surface area contributed by atoms with Crippen molar-refractivity contribution in [3.63, 3.8) is 0 Å². The molecule has 0 amide bonds. The summed E-state index contributed by atoms with van der Waals surface area (Å²) >= 11 is -1.65. The normalized spacial score (nSPS) is 17.1. The first-order valence-corrected chi connectivity index (χ1v) is 8.73. The van der Waals surface area contributed by atoms with Crippen molar-refractivity contribution in [3.05, 3.63) is 64.9 Å². The van der Waals surface area contributed by atoms with E-state index in [1.807, 2.05) is 31.9 Å². The molecule has 0 bridgehead atoms. The van der Waals surface area contributed by atoms with E-state index in [1.54, 1.807) is 30.3 Å². The lowest BCUT2D eigenvalue weighted by atomic mass is 10.0. The highest BCUT2D eigenvalue weighted by Crippen LogP contribution is 2.26. The number of carbonyl (C=O) groups is 1. The summed E-state index contributed by atoms with van der Waals surface area (Å²) in [5, 5.41) is 9.30. The zero-order valence-electron chi connectivity index (χ0n) is 14.9. The Balaban J connectivity index is 2.16. The predicted octanol–water partition coefficient (Wildman–Crippen LogP) is 3.01. The fourth-order valence-electron chi connectivity index (χ4n) is 2.15. The molecule has 1 aromatic rings. The average molecular weight is 373 g/mol. The highest BCUT2D eigenvalue weighted by molar-refractivity contribution is 7.81. The zero-order valence-corrected chi connectivity index (χ0v) is 15.7. The van der Waals surface area contributed by atoms with Crippen molar-refractivity contribution in [1.82, 2.24) is 4.90 Å². The first-order valence-electron chi connectivity index (χ1n) is 7.66. The van der Waals surface area contributed by atoms with Gasteiger partial charge in [-0.25, -0.2) is 4.21 Å². The van der Waals surface area contributed by atoms with Crippen LogP contribution in [0.15, 0.2) is 59.3 Å². The summed E-state index contributed by atoms with van der Waals surface area (Å²) in [5.74, 6) is 0.904. The summed E-state index contributed by atoms with van der Waals surface area (Å²) in [6.07, 6.45) is 3.03. The second-order valence-corrected chi connectivity index (χ2v) is 6.42. The van der Waals surface area contributed by atoms with E-state index in [0.29, 0.717) is 17.1 Å². The Morgan fingerprint density at radius 1 is 1.35 bits per heavy atom. The lowest BCUT2D eigenvalue weighted by Crippen LogP contribution is -2.10. The number of ketones is 1. The maximum Gasteiger partial charge on any atom is 0.261 e. The summed E-state index contributed by atoms with van der Waals surface area (Å²) < 4.78 is 24.1. The lowest BCUT2D eigenvalue weighted by Gasteiger charge is -2.11. The van der Waals surface area contributed by atoms with Gasteiger partial charge < -0.3 is 9.64 Å². The standard InChI is InChI=1S/C18H19N3O4S/c1-12-13(2)25-17(21(12)3)10-7-15(11-19)18(22)14-5-8-16(9-6-14)20-26(23)24-4/h5-10,20H,1-4H3/b15-7-,17-10-. The number of nitriles is 1. The van der Waals surface area contributed by atoms with Gasteiger partial charge in [-0.3, -0.25) is 13.7 Å². The molecule has 0 saturated heterocycles. The van der Waals surface area contributed by atoms with Crippen molar-refractivity contribution >= 4 is 22.7 Å². The molecule has 8 heteroatoms. The van der Waals surface area contributed by atoms with Gasteiger partial charge >= 0.3 is 0 Å². The van der Waals surface area contributed by atoms with Crippen molar-refractivity contribution in [2.45, 2.75) is 13.8 Å². The molecule has 1 heterocycles. The van der Waals surface area contributed by atoms with Gasteiger partial charge in [-0.05, 0) is 44.2 Å². The molecule has 7 nitrogen and oxygen atoms in total. The number of carbonyl (C=O) groups excluding carboxylic acids is 1. The number of rotatable bonds is 6. The van der Waals surface area contributed by atoms with Crippen LogP contribution >= 0.6 is 0 Å². The maximum atomic E-state index is 12.5. The second kappa shape index (κ2) is 8.47. The zero-order chi connectivity index (χ0) is 19.3. The van der Waals surface area contributed by atoms with Crippen molar-refractivity contribution in [2.75, 3.05) is 18.9 Å². The van der Waals surface area contributed by atoms with E-state index < -0.39 is 17.0 Å². The van der Waals surface area contributed by atoms with Crippen LogP contribution in [0.25, 0.3) is 0 Å². The third-order valence-corrected chi connectivity index (χ3v) is 4.56. The number of hydrogen-bond acceptors (Lipinski definition) is 6. The average Bonchev–Trinajstić information content (AvgIpc) is 2.89. The van der Waals surface area contributed by atoms with E-state index in [4.69, 9.17) is 4.74 Å². The summed E-state index contributed by atoms with van der Waals surface area (Å²) in [4.78, 5) is 14.3. The van der Waals surface area contributed by atoms with Gasteiger partial charge in [0.1, 0.15) is 17.4 Å². The molecule has 2 rings (SSSR count). The van der Waals surface area contributed by atoms with Crippen LogP contribution in [0.3, 0.4) is 0 Å². The summed E-state index contributed by atoms with van der Waals surface area (Å²) in [5.41, 5.74) is 1.82. The van der Waals surface area contributed by atoms with Crippen LogP contribution in [-0.2, 0) is 20.2 Å². The van der Waals surface area contributed by atoms with E-state index in [2.05, 4.69) is 8.91 Å². The summed E-state index contributed by atoms with van der Waals surface area (Å²) in [7, 11) is 3.15. The number of allylic oxidation sites excluding steroid dienone is 5. The quantitative estimate of drug-likeness (QED) is 0.468. The molecule has 1 aliphatic rings. The minimum atomic E-state index is -1.65. The van der Waals surface area contributed by atoms with Gasteiger partial charge in [0.2, 0.25) is 5.78 Å². The minimum absolute atomic E-state index is 0.0158. The van der Waals surface area contributed by atoms with E-state index in [-0.39, 0.29) is 5.57 Å². The molecular weight excluding hydrogens is 354 g/mol. The molecule has 26 heavy (non-hydrogen) atoms. The van der Waals surface area contributed by atoms with Gasteiger partial charge in [0.05, 0.1) is 12.8 Å². The van der Waals surface area contributed by atoms with E-state index in [0.717, 1.165) is 11.5 Å². The summed E-state index contributed by atoms with van der Waals surface area (Å²) in [6, 6.07) is 8.17. The molecule has 136 valence electrons. The number of Topliss-reactive ketones (excluding diaryl/α,β-unsaturated/α-hetero) is 1. The fourth-order valence-corrected chi connectivity index (χ4v) is 2.56.